The fraction of sp³-hybridized carbons (Fsp3) is 0.294. The number of hydrogen-bond acceptors (Lipinski definition) is 2. The lowest BCUT2D eigenvalue weighted by Gasteiger charge is -2.19. The minimum absolute atomic E-state index is 0.335. The van der Waals surface area contributed by atoms with Gasteiger partial charge in [-0.05, 0) is 42.0 Å². The first-order chi connectivity index (χ1) is 9.33. The van der Waals surface area contributed by atoms with Crippen molar-refractivity contribution in [1.29, 1.82) is 0 Å². The molecule has 1 fully saturated rings. The molecular weight excluding hydrogens is 234 g/mol. The molecule has 0 radical (unpaired) electrons. The molecule has 2 N–H and O–H groups in total. The van der Waals surface area contributed by atoms with E-state index in [1.54, 1.807) is 6.07 Å². The van der Waals surface area contributed by atoms with Crippen molar-refractivity contribution in [2.75, 3.05) is 0 Å². The normalized spacial score (nSPS) is 16.2. The molecule has 0 spiro atoms. The highest BCUT2D eigenvalue weighted by molar-refractivity contribution is 5.27. The average Bonchev–Trinajstić information content (AvgIpc) is 3.25. The summed E-state index contributed by atoms with van der Waals surface area (Å²) in [7, 11) is 0. The number of phenols is 1. The molecule has 1 aliphatic rings. The maximum atomic E-state index is 9.49. The van der Waals surface area contributed by atoms with Crippen LogP contribution in [0.2, 0.25) is 0 Å². The molecule has 1 atom stereocenters. The lowest BCUT2D eigenvalue weighted by molar-refractivity contribution is 0.467. The van der Waals surface area contributed by atoms with E-state index >= 15 is 0 Å². The molecular formula is C17H19NO. The van der Waals surface area contributed by atoms with Gasteiger partial charge in [0.2, 0.25) is 0 Å². The number of hydrogen-bond donors (Lipinski definition) is 2. The standard InChI is InChI=1S/C17H19NO/c19-16-8-4-5-13(11-16)12-18-17(15-9-10-15)14-6-2-1-3-7-14/h1-8,11,15,17-19H,9-10,12H2. The highest BCUT2D eigenvalue weighted by Gasteiger charge is 2.31. The largest absolute Gasteiger partial charge is 0.508 e. The van der Waals surface area contributed by atoms with Crippen LogP contribution in [0.4, 0.5) is 0 Å². The third kappa shape index (κ3) is 3.15. The van der Waals surface area contributed by atoms with Gasteiger partial charge in [0.1, 0.15) is 5.75 Å². The molecule has 0 heterocycles. The van der Waals surface area contributed by atoms with Crippen LogP contribution in [-0.2, 0) is 6.54 Å². The molecule has 1 unspecified atom stereocenters. The van der Waals surface area contributed by atoms with Crippen LogP contribution in [0, 0.1) is 5.92 Å². The summed E-state index contributed by atoms with van der Waals surface area (Å²) in [5.74, 6) is 1.10. The molecule has 1 saturated carbocycles. The second-order valence-corrected chi connectivity index (χ2v) is 5.28. The number of rotatable bonds is 5. The van der Waals surface area contributed by atoms with Gasteiger partial charge in [-0.25, -0.2) is 0 Å². The summed E-state index contributed by atoms with van der Waals surface area (Å²) in [6.07, 6.45) is 2.62. The minimum Gasteiger partial charge on any atom is -0.508 e. The van der Waals surface area contributed by atoms with E-state index in [4.69, 9.17) is 0 Å². The summed E-state index contributed by atoms with van der Waals surface area (Å²) < 4.78 is 0. The van der Waals surface area contributed by atoms with Gasteiger partial charge in [0.05, 0.1) is 0 Å². The Morgan fingerprint density at radius 3 is 2.53 bits per heavy atom. The van der Waals surface area contributed by atoms with E-state index in [2.05, 4.69) is 35.6 Å². The molecule has 1 aliphatic carbocycles. The van der Waals surface area contributed by atoms with Crippen LogP contribution in [0.1, 0.15) is 30.0 Å². The second kappa shape index (κ2) is 5.45. The summed E-state index contributed by atoms with van der Waals surface area (Å²) in [5.41, 5.74) is 2.49. The van der Waals surface area contributed by atoms with Crippen molar-refractivity contribution in [3.8, 4) is 5.75 Å². The van der Waals surface area contributed by atoms with Crippen LogP contribution in [0.15, 0.2) is 54.6 Å². The van der Waals surface area contributed by atoms with E-state index in [0.717, 1.165) is 18.0 Å². The quantitative estimate of drug-likeness (QED) is 0.852. The first kappa shape index (κ1) is 12.2. The topological polar surface area (TPSA) is 32.3 Å². The number of phenolic OH excluding ortho intramolecular Hbond substituents is 1. The predicted molar refractivity (Wildman–Crippen MR) is 76.9 cm³/mol. The van der Waals surface area contributed by atoms with E-state index in [-0.39, 0.29) is 0 Å². The minimum atomic E-state index is 0.335. The van der Waals surface area contributed by atoms with Gasteiger partial charge in [-0.2, -0.15) is 0 Å². The molecule has 0 aliphatic heterocycles. The fourth-order valence-corrected chi connectivity index (χ4v) is 2.54. The van der Waals surface area contributed by atoms with Gasteiger partial charge in [0, 0.05) is 12.6 Å². The molecule has 2 aromatic rings. The van der Waals surface area contributed by atoms with Crippen LogP contribution >= 0.6 is 0 Å². The summed E-state index contributed by atoms with van der Waals surface area (Å²) >= 11 is 0. The van der Waals surface area contributed by atoms with Crippen LogP contribution in [-0.4, -0.2) is 5.11 Å². The van der Waals surface area contributed by atoms with Gasteiger partial charge in [-0.1, -0.05) is 42.5 Å². The zero-order valence-corrected chi connectivity index (χ0v) is 10.9. The van der Waals surface area contributed by atoms with Crippen LogP contribution in [0.25, 0.3) is 0 Å². The lowest BCUT2D eigenvalue weighted by atomic mass is 10.0. The Labute approximate surface area is 114 Å². The third-order valence-corrected chi connectivity index (χ3v) is 3.69. The van der Waals surface area contributed by atoms with Crippen LogP contribution in [0.3, 0.4) is 0 Å². The van der Waals surface area contributed by atoms with Crippen molar-refractivity contribution >= 4 is 0 Å². The molecule has 98 valence electrons. The Morgan fingerprint density at radius 2 is 1.84 bits per heavy atom. The first-order valence-electron chi connectivity index (χ1n) is 6.89. The SMILES string of the molecule is Oc1cccc(CNC(c2ccccc2)C2CC2)c1. The molecule has 0 amide bonds. The van der Waals surface area contributed by atoms with E-state index < -0.39 is 0 Å². The third-order valence-electron chi connectivity index (χ3n) is 3.69. The Balaban J connectivity index is 1.69. The van der Waals surface area contributed by atoms with Crippen molar-refractivity contribution in [2.45, 2.75) is 25.4 Å². The maximum absolute atomic E-state index is 9.49. The highest BCUT2D eigenvalue weighted by Crippen LogP contribution is 2.41. The number of aromatic hydroxyl groups is 1. The van der Waals surface area contributed by atoms with Crippen LogP contribution < -0.4 is 5.32 Å². The van der Waals surface area contributed by atoms with Gasteiger partial charge in [-0.15, -0.1) is 0 Å². The maximum Gasteiger partial charge on any atom is 0.115 e. The van der Waals surface area contributed by atoms with Gasteiger partial charge < -0.3 is 10.4 Å². The predicted octanol–water partition coefficient (Wildman–Crippen LogP) is 3.63. The zero-order valence-electron chi connectivity index (χ0n) is 10.9. The van der Waals surface area contributed by atoms with Crippen molar-refractivity contribution in [3.05, 3.63) is 65.7 Å². The zero-order chi connectivity index (χ0) is 13.1. The van der Waals surface area contributed by atoms with Crippen molar-refractivity contribution in [1.82, 2.24) is 5.32 Å². The summed E-state index contributed by atoms with van der Waals surface area (Å²) in [6, 6.07) is 18.5. The Bertz CT molecular complexity index is 534. The Hall–Kier alpha value is -1.80. The van der Waals surface area contributed by atoms with Gasteiger partial charge in [0.25, 0.3) is 0 Å². The van der Waals surface area contributed by atoms with Gasteiger partial charge in [-0.3, -0.25) is 0 Å². The molecule has 2 aromatic carbocycles. The van der Waals surface area contributed by atoms with E-state index in [1.165, 1.54) is 18.4 Å². The van der Waals surface area contributed by atoms with Crippen molar-refractivity contribution in [3.63, 3.8) is 0 Å². The number of benzene rings is 2. The van der Waals surface area contributed by atoms with E-state index in [9.17, 15) is 5.11 Å². The van der Waals surface area contributed by atoms with Crippen molar-refractivity contribution < 1.29 is 5.11 Å². The molecule has 2 nitrogen and oxygen atoms in total. The average molecular weight is 253 g/mol. The second-order valence-electron chi connectivity index (χ2n) is 5.28. The smallest absolute Gasteiger partial charge is 0.115 e. The van der Waals surface area contributed by atoms with Crippen LogP contribution in [0.5, 0.6) is 5.75 Å². The summed E-state index contributed by atoms with van der Waals surface area (Å²) in [6.45, 7) is 0.796. The molecule has 19 heavy (non-hydrogen) atoms. The molecule has 0 saturated heterocycles. The fourth-order valence-electron chi connectivity index (χ4n) is 2.54. The van der Waals surface area contributed by atoms with E-state index in [0.29, 0.717) is 11.8 Å². The Morgan fingerprint density at radius 1 is 1.05 bits per heavy atom. The monoisotopic (exact) mass is 253 g/mol. The van der Waals surface area contributed by atoms with Gasteiger partial charge in [0.15, 0.2) is 0 Å². The molecule has 3 rings (SSSR count). The van der Waals surface area contributed by atoms with E-state index in [1.807, 2.05) is 18.2 Å². The summed E-state index contributed by atoms with van der Waals surface area (Å²) in [4.78, 5) is 0. The highest BCUT2D eigenvalue weighted by atomic mass is 16.3. The molecule has 2 heteroatoms. The number of nitrogens with one attached hydrogen (secondary N) is 1. The molecule has 0 aromatic heterocycles. The van der Waals surface area contributed by atoms with Crippen molar-refractivity contribution in [2.24, 2.45) is 5.92 Å². The Kier molecular flexibility index (Phi) is 3.51. The van der Waals surface area contributed by atoms with Gasteiger partial charge >= 0.3 is 0 Å². The first-order valence-corrected chi connectivity index (χ1v) is 6.89. The summed E-state index contributed by atoms with van der Waals surface area (Å²) in [5, 5.41) is 13.1. The molecule has 0 bridgehead atoms. The lowest BCUT2D eigenvalue weighted by Crippen LogP contribution is -2.22.